The van der Waals surface area contributed by atoms with Gasteiger partial charge in [-0.1, -0.05) is 12.1 Å². The maximum Gasteiger partial charge on any atom is 0.337 e. The van der Waals surface area contributed by atoms with Crippen LogP contribution >= 0.6 is 0 Å². The van der Waals surface area contributed by atoms with Crippen LogP contribution in [0.3, 0.4) is 0 Å². The summed E-state index contributed by atoms with van der Waals surface area (Å²) in [4.78, 5) is 30.5. The molecule has 0 radical (unpaired) electrons. The summed E-state index contributed by atoms with van der Waals surface area (Å²) in [6.07, 6.45) is -0.151. The number of hydrogen-bond acceptors (Lipinski definition) is 7. The minimum Gasteiger partial charge on any atom is -0.490 e. The van der Waals surface area contributed by atoms with Crippen molar-refractivity contribution in [1.29, 1.82) is 5.26 Å². The third-order valence-electron chi connectivity index (χ3n) is 7.25. The van der Waals surface area contributed by atoms with Gasteiger partial charge in [-0.25, -0.2) is 18.7 Å². The Balaban J connectivity index is 1.68. The lowest BCUT2D eigenvalue weighted by atomic mass is 9.91. The van der Waals surface area contributed by atoms with Crippen LogP contribution in [0.4, 0.5) is 4.39 Å². The highest BCUT2D eigenvalue weighted by Crippen LogP contribution is 2.41. The number of nitrogens with zero attached hydrogens (tertiary/aromatic N) is 4. The third-order valence-corrected chi connectivity index (χ3v) is 7.25. The Bertz CT molecular complexity index is 1780. The number of aromatic nitrogens is 3. The molecule has 3 heterocycles. The Morgan fingerprint density at radius 2 is 1.95 bits per heavy atom. The fourth-order valence-corrected chi connectivity index (χ4v) is 5.28. The van der Waals surface area contributed by atoms with Gasteiger partial charge in [-0.2, -0.15) is 10.4 Å². The third kappa shape index (κ3) is 5.92. The number of carboxylic acids is 1. The zero-order valence-corrected chi connectivity index (χ0v) is 24.6. The number of carboxylic acid groups (broad SMARTS) is 1. The molecule has 2 aromatic heterocycles. The van der Waals surface area contributed by atoms with Crippen molar-refractivity contribution in [2.24, 2.45) is 0 Å². The molecule has 43 heavy (non-hydrogen) atoms. The molecule has 2 N–H and O–H groups in total. The summed E-state index contributed by atoms with van der Waals surface area (Å²) >= 11 is 0. The number of benzene rings is 2. The molecule has 5 rings (SSSR count). The number of halogens is 1. The van der Waals surface area contributed by atoms with Gasteiger partial charge in [0.05, 0.1) is 29.5 Å². The quantitative estimate of drug-likeness (QED) is 0.301. The van der Waals surface area contributed by atoms with E-state index in [1.165, 1.54) is 16.6 Å². The first-order valence-electron chi connectivity index (χ1n) is 13.9. The number of aliphatic carboxylic acids is 1. The smallest absolute Gasteiger partial charge is 0.337 e. The van der Waals surface area contributed by atoms with Gasteiger partial charge in [0.1, 0.15) is 0 Å². The lowest BCUT2D eigenvalue weighted by Crippen LogP contribution is -2.29. The van der Waals surface area contributed by atoms with Gasteiger partial charge in [0.15, 0.2) is 29.0 Å². The highest BCUT2D eigenvalue weighted by molar-refractivity contribution is 5.93. The molecule has 0 bridgehead atoms. The van der Waals surface area contributed by atoms with E-state index >= 15 is 4.39 Å². The average molecular weight is 586 g/mol. The fraction of sp³-hybridized carbons (Fsp3) is 0.344. The number of nitriles is 1. The summed E-state index contributed by atoms with van der Waals surface area (Å²) in [7, 11) is 0. The second-order valence-corrected chi connectivity index (χ2v) is 11.5. The van der Waals surface area contributed by atoms with E-state index in [1.807, 2.05) is 6.92 Å². The van der Waals surface area contributed by atoms with Gasteiger partial charge in [0.2, 0.25) is 0 Å². The van der Waals surface area contributed by atoms with Crippen molar-refractivity contribution in [3.63, 3.8) is 0 Å². The molecule has 0 spiro atoms. The molecule has 2 aromatic carbocycles. The van der Waals surface area contributed by atoms with Crippen LogP contribution in [0.1, 0.15) is 77.3 Å². The van der Waals surface area contributed by atoms with Crippen molar-refractivity contribution in [3.8, 4) is 23.1 Å². The van der Waals surface area contributed by atoms with Gasteiger partial charge in [-0.3, -0.25) is 4.79 Å². The lowest BCUT2D eigenvalue weighted by molar-refractivity contribution is -0.160. The van der Waals surface area contributed by atoms with Crippen LogP contribution < -0.4 is 10.1 Å². The second kappa shape index (κ2) is 11.5. The predicted octanol–water partition coefficient (Wildman–Crippen LogP) is 5.22. The first-order valence-corrected chi connectivity index (χ1v) is 13.9. The first-order chi connectivity index (χ1) is 20.4. The molecule has 4 aromatic rings. The van der Waals surface area contributed by atoms with Crippen LogP contribution in [-0.2, 0) is 22.5 Å². The molecule has 0 saturated heterocycles. The van der Waals surface area contributed by atoms with Gasteiger partial charge < -0.3 is 19.9 Å². The van der Waals surface area contributed by atoms with E-state index in [2.05, 4.69) is 21.5 Å². The average Bonchev–Trinajstić information content (AvgIpc) is 3.39. The molecule has 1 aliphatic heterocycles. The number of nitrogens with one attached hydrogen (secondary N) is 1. The number of ether oxygens (including phenoxy) is 2. The molecule has 1 aliphatic rings. The Hall–Kier alpha value is -4.82. The zero-order chi connectivity index (χ0) is 31.1. The Morgan fingerprint density at radius 3 is 2.60 bits per heavy atom. The minimum absolute atomic E-state index is 0.0435. The predicted molar refractivity (Wildman–Crippen MR) is 155 cm³/mol. The molecular weight excluding hydrogens is 553 g/mol. The second-order valence-electron chi connectivity index (χ2n) is 11.5. The number of carbonyl (C=O) groups is 2. The summed E-state index contributed by atoms with van der Waals surface area (Å²) in [5.74, 6) is -2.10. The monoisotopic (exact) mass is 585 g/mol. The minimum atomic E-state index is -1.46. The van der Waals surface area contributed by atoms with Crippen LogP contribution in [0.5, 0.6) is 5.75 Å². The molecule has 1 atom stereocenters. The molecule has 222 valence electrons. The van der Waals surface area contributed by atoms with E-state index in [4.69, 9.17) is 14.7 Å². The van der Waals surface area contributed by atoms with Crippen LogP contribution in [0.15, 0.2) is 36.4 Å². The maximum atomic E-state index is 15.5. The normalized spacial score (nSPS) is 13.6. The zero-order valence-electron chi connectivity index (χ0n) is 24.6. The summed E-state index contributed by atoms with van der Waals surface area (Å²) in [6.45, 7) is 9.33. The molecule has 11 heteroatoms. The molecule has 0 aliphatic carbocycles. The highest BCUT2D eigenvalue weighted by Gasteiger charge is 2.35. The molecule has 0 fully saturated rings. The standard InChI is InChI=1S/C32H32FN5O5/c1-17-21-7-6-12-42-28(21)23(33)13-22(17)27-26(29(31(40)41)43-32(3,4)5)18(2)36-25-14-24(37-38(25)27)30(39)35-16-20-10-8-19(15-34)9-11-20/h8-11,13-14,29H,6-7,12,16H2,1-5H3,(H,35,39)(H,40,41). The number of hydrogen-bond donors (Lipinski definition) is 2. The largest absolute Gasteiger partial charge is 0.490 e. The highest BCUT2D eigenvalue weighted by atomic mass is 19.1. The van der Waals surface area contributed by atoms with Crippen LogP contribution in [-0.4, -0.2) is 43.8 Å². The molecule has 0 saturated carbocycles. The van der Waals surface area contributed by atoms with Crippen molar-refractivity contribution in [2.45, 2.75) is 65.7 Å². The van der Waals surface area contributed by atoms with E-state index < -0.39 is 29.4 Å². The van der Waals surface area contributed by atoms with Crippen molar-refractivity contribution in [3.05, 3.63) is 81.4 Å². The lowest BCUT2D eigenvalue weighted by Gasteiger charge is -2.28. The van der Waals surface area contributed by atoms with Gasteiger partial charge >= 0.3 is 5.97 Å². The molecule has 10 nitrogen and oxygen atoms in total. The van der Waals surface area contributed by atoms with Gasteiger partial charge in [0, 0.05) is 35.0 Å². The van der Waals surface area contributed by atoms with Crippen LogP contribution in [0.2, 0.25) is 0 Å². The summed E-state index contributed by atoms with van der Waals surface area (Å²) in [5, 5.41) is 26.7. The summed E-state index contributed by atoms with van der Waals surface area (Å²) < 4.78 is 28.5. The number of aryl methyl sites for hydroxylation is 1. The number of rotatable bonds is 7. The van der Waals surface area contributed by atoms with E-state index in [1.54, 1.807) is 52.0 Å². The van der Waals surface area contributed by atoms with Crippen molar-refractivity contribution >= 4 is 17.5 Å². The van der Waals surface area contributed by atoms with Crippen molar-refractivity contribution in [1.82, 2.24) is 19.9 Å². The molecular formula is C32H32FN5O5. The Morgan fingerprint density at radius 1 is 1.23 bits per heavy atom. The SMILES string of the molecule is Cc1nc2cc(C(=O)NCc3ccc(C#N)cc3)nn2c(-c2cc(F)c3c(c2C)CCCO3)c1C(OC(C)(C)C)C(=O)O. The van der Waals surface area contributed by atoms with E-state index in [9.17, 15) is 14.7 Å². The fourth-order valence-electron chi connectivity index (χ4n) is 5.28. The van der Waals surface area contributed by atoms with Gasteiger partial charge in [0.25, 0.3) is 5.91 Å². The topological polar surface area (TPSA) is 139 Å². The van der Waals surface area contributed by atoms with E-state index in [0.717, 1.165) is 5.56 Å². The maximum absolute atomic E-state index is 15.5. The van der Waals surface area contributed by atoms with Gasteiger partial charge in [-0.15, -0.1) is 0 Å². The number of fused-ring (bicyclic) bond motifs is 2. The van der Waals surface area contributed by atoms with Crippen LogP contribution in [0, 0.1) is 31.0 Å². The van der Waals surface area contributed by atoms with Crippen molar-refractivity contribution in [2.75, 3.05) is 6.61 Å². The van der Waals surface area contributed by atoms with E-state index in [0.29, 0.717) is 47.4 Å². The number of carbonyl (C=O) groups excluding carboxylic acids is 1. The summed E-state index contributed by atoms with van der Waals surface area (Å²) in [6, 6.07) is 11.7. The number of amides is 1. The first kappa shape index (κ1) is 29.7. The van der Waals surface area contributed by atoms with E-state index in [-0.39, 0.29) is 34.9 Å². The van der Waals surface area contributed by atoms with Crippen LogP contribution in [0.25, 0.3) is 16.9 Å². The molecule has 1 amide bonds. The van der Waals surface area contributed by atoms with Gasteiger partial charge in [-0.05, 0) is 76.8 Å². The Kier molecular flexibility index (Phi) is 7.90. The van der Waals surface area contributed by atoms with Crippen molar-refractivity contribution < 1.29 is 28.6 Å². The molecule has 1 unspecified atom stereocenters. The summed E-state index contributed by atoms with van der Waals surface area (Å²) in [5.41, 5.74) is 3.44. The Labute approximate surface area is 248 Å².